The van der Waals surface area contributed by atoms with Crippen molar-refractivity contribution >= 4 is 38.8 Å². The molecule has 0 fully saturated rings. The van der Waals surface area contributed by atoms with Crippen LogP contribution in [0.15, 0.2) is 18.2 Å². The molecule has 0 saturated carbocycles. The first kappa shape index (κ1) is 16.2. The van der Waals surface area contributed by atoms with Crippen LogP contribution in [-0.2, 0) is 16.6 Å². The lowest BCUT2D eigenvalue weighted by Gasteiger charge is -2.19. The molecule has 21 heavy (non-hydrogen) atoms. The van der Waals surface area contributed by atoms with E-state index in [1.165, 1.54) is 14.1 Å². The Morgan fingerprint density at radius 2 is 2.10 bits per heavy atom. The summed E-state index contributed by atoms with van der Waals surface area (Å²) in [6.45, 7) is 3.07. The van der Waals surface area contributed by atoms with Gasteiger partial charge >= 0.3 is 10.2 Å². The van der Waals surface area contributed by atoms with Crippen LogP contribution in [-0.4, -0.2) is 38.4 Å². The van der Waals surface area contributed by atoms with E-state index in [2.05, 4.69) is 16.5 Å². The normalized spacial score (nSPS) is 14.7. The highest BCUT2D eigenvalue weighted by Gasteiger charge is 2.24. The van der Waals surface area contributed by atoms with Gasteiger partial charge in [-0.25, -0.2) is 0 Å². The number of hydrogen-bond acceptors (Lipinski definition) is 3. The molecule has 0 amide bonds. The van der Waals surface area contributed by atoms with Crippen molar-refractivity contribution in [2.24, 2.45) is 0 Å². The van der Waals surface area contributed by atoms with Gasteiger partial charge in [-0.15, -0.1) is 0 Å². The van der Waals surface area contributed by atoms with Gasteiger partial charge in [-0.3, -0.25) is 4.72 Å². The number of rotatable bonds is 6. The average molecular weight is 327 g/mol. The summed E-state index contributed by atoms with van der Waals surface area (Å²) in [5, 5.41) is 0. The van der Waals surface area contributed by atoms with E-state index in [0.717, 1.165) is 39.9 Å². The Morgan fingerprint density at radius 1 is 1.38 bits per heavy atom. The molecular formula is C14H21N3O2S2. The number of fused-ring (bicyclic) bond motifs is 1. The quantitative estimate of drug-likeness (QED) is 0.815. The zero-order chi connectivity index (χ0) is 15.6. The van der Waals surface area contributed by atoms with Crippen LogP contribution in [0.1, 0.15) is 25.3 Å². The number of benzene rings is 1. The largest absolute Gasteiger partial charge is 0.335 e. The maximum atomic E-state index is 11.8. The average Bonchev–Trinajstić information content (AvgIpc) is 2.70. The highest BCUT2D eigenvalue weighted by atomic mass is 32.2. The number of hydrogen-bond donors (Lipinski definition) is 1. The summed E-state index contributed by atoms with van der Waals surface area (Å²) in [6, 6.07) is 5.60. The van der Waals surface area contributed by atoms with Crippen molar-refractivity contribution in [2.45, 2.75) is 26.2 Å². The van der Waals surface area contributed by atoms with Crippen molar-refractivity contribution in [2.75, 3.05) is 30.3 Å². The smallest absolute Gasteiger partial charge is 0.301 e. The standard InChI is InChI=1S/C14H21N3O2S2/c1-4-5-8-17-13-7-6-12(9-11(13)10-14(17)20)15-21(18,19)16(2)3/h6-7,9,15H,4-5,8,10H2,1-3H3. The fraction of sp³-hybridized carbons (Fsp3) is 0.500. The second-order valence-corrected chi connectivity index (χ2v) is 7.66. The monoisotopic (exact) mass is 327 g/mol. The minimum absolute atomic E-state index is 0.572. The highest BCUT2D eigenvalue weighted by Crippen LogP contribution is 2.32. The Morgan fingerprint density at radius 3 is 2.71 bits per heavy atom. The summed E-state index contributed by atoms with van der Waals surface area (Å²) in [5.74, 6) is 0. The predicted octanol–water partition coefficient (Wildman–Crippen LogP) is 2.39. The lowest BCUT2D eigenvalue weighted by Crippen LogP contribution is -2.29. The second kappa shape index (κ2) is 6.29. The fourth-order valence-electron chi connectivity index (χ4n) is 2.25. The van der Waals surface area contributed by atoms with Gasteiger partial charge in [-0.2, -0.15) is 12.7 Å². The maximum Gasteiger partial charge on any atom is 0.301 e. The Balaban J connectivity index is 2.22. The fourth-order valence-corrected chi connectivity index (χ4v) is 3.20. The van der Waals surface area contributed by atoms with Crippen molar-refractivity contribution in [3.63, 3.8) is 0 Å². The molecule has 0 spiro atoms. The van der Waals surface area contributed by atoms with Gasteiger partial charge in [0.15, 0.2) is 0 Å². The minimum atomic E-state index is -3.47. The highest BCUT2D eigenvalue weighted by molar-refractivity contribution is 7.90. The second-order valence-electron chi connectivity index (χ2n) is 5.31. The Labute approximate surface area is 132 Å². The summed E-state index contributed by atoms with van der Waals surface area (Å²) in [7, 11) is -0.478. The van der Waals surface area contributed by atoms with Crippen LogP contribution < -0.4 is 9.62 Å². The summed E-state index contributed by atoms with van der Waals surface area (Å²) in [6.07, 6.45) is 2.91. The summed E-state index contributed by atoms with van der Waals surface area (Å²) >= 11 is 5.43. The molecule has 1 heterocycles. The topological polar surface area (TPSA) is 52.7 Å². The van der Waals surface area contributed by atoms with Crippen molar-refractivity contribution in [3.8, 4) is 0 Å². The molecule has 1 aliphatic heterocycles. The number of unbranched alkanes of at least 4 members (excludes halogenated alkanes) is 1. The van der Waals surface area contributed by atoms with E-state index in [-0.39, 0.29) is 0 Å². The van der Waals surface area contributed by atoms with E-state index < -0.39 is 10.2 Å². The number of nitrogens with zero attached hydrogens (tertiary/aromatic N) is 2. The number of anilines is 2. The number of thiocarbonyl (C=S) groups is 1. The van der Waals surface area contributed by atoms with Crippen molar-refractivity contribution in [3.05, 3.63) is 23.8 Å². The van der Waals surface area contributed by atoms with E-state index in [4.69, 9.17) is 12.2 Å². The maximum absolute atomic E-state index is 11.8. The third-order valence-corrected chi connectivity index (χ3v) is 5.30. The third-order valence-electron chi connectivity index (χ3n) is 3.48. The van der Waals surface area contributed by atoms with Crippen LogP contribution >= 0.6 is 12.2 Å². The van der Waals surface area contributed by atoms with E-state index in [9.17, 15) is 8.42 Å². The molecule has 1 aromatic carbocycles. The van der Waals surface area contributed by atoms with E-state index in [1.54, 1.807) is 6.07 Å². The van der Waals surface area contributed by atoms with Gasteiger partial charge in [-0.1, -0.05) is 25.6 Å². The first-order valence-electron chi connectivity index (χ1n) is 6.98. The number of nitrogens with one attached hydrogen (secondary N) is 1. The van der Waals surface area contributed by atoms with Crippen LogP contribution in [0.25, 0.3) is 0 Å². The molecule has 5 nitrogen and oxygen atoms in total. The van der Waals surface area contributed by atoms with Gasteiger partial charge in [0.2, 0.25) is 0 Å². The van der Waals surface area contributed by atoms with Crippen LogP contribution in [0.2, 0.25) is 0 Å². The lowest BCUT2D eigenvalue weighted by molar-refractivity contribution is 0.527. The Kier molecular flexibility index (Phi) is 4.85. The van der Waals surface area contributed by atoms with Crippen molar-refractivity contribution in [1.82, 2.24) is 4.31 Å². The summed E-state index contributed by atoms with van der Waals surface area (Å²) in [4.78, 5) is 3.06. The Hall–Kier alpha value is -1.18. The molecule has 0 saturated heterocycles. The molecule has 1 N–H and O–H groups in total. The zero-order valence-corrected chi connectivity index (χ0v) is 14.2. The van der Waals surface area contributed by atoms with E-state index >= 15 is 0 Å². The molecular weight excluding hydrogens is 306 g/mol. The molecule has 0 atom stereocenters. The summed E-state index contributed by atoms with van der Waals surface area (Å²) in [5.41, 5.74) is 2.75. The van der Waals surface area contributed by atoms with E-state index in [1.807, 2.05) is 12.1 Å². The molecule has 7 heteroatoms. The first-order chi connectivity index (χ1) is 9.85. The Bertz CT molecular complexity index is 642. The van der Waals surface area contributed by atoms with Gasteiger partial charge in [0, 0.05) is 32.7 Å². The van der Waals surface area contributed by atoms with Crippen LogP contribution in [0.5, 0.6) is 0 Å². The van der Waals surface area contributed by atoms with Gasteiger partial charge in [0.05, 0.1) is 10.7 Å². The first-order valence-corrected chi connectivity index (χ1v) is 8.83. The molecule has 1 aliphatic rings. The van der Waals surface area contributed by atoms with Gasteiger partial charge in [0.25, 0.3) is 0 Å². The van der Waals surface area contributed by atoms with Crippen molar-refractivity contribution < 1.29 is 8.42 Å². The molecule has 2 rings (SSSR count). The van der Waals surface area contributed by atoms with Gasteiger partial charge in [0.1, 0.15) is 0 Å². The van der Waals surface area contributed by atoms with Gasteiger partial charge in [-0.05, 0) is 30.2 Å². The summed E-state index contributed by atoms with van der Waals surface area (Å²) < 4.78 is 27.4. The minimum Gasteiger partial charge on any atom is -0.335 e. The van der Waals surface area contributed by atoms with Crippen LogP contribution in [0, 0.1) is 0 Å². The van der Waals surface area contributed by atoms with Gasteiger partial charge < -0.3 is 4.90 Å². The molecule has 0 unspecified atom stereocenters. The lowest BCUT2D eigenvalue weighted by atomic mass is 10.1. The molecule has 116 valence electrons. The molecule has 0 radical (unpaired) electrons. The molecule has 0 aliphatic carbocycles. The van der Waals surface area contributed by atoms with Crippen LogP contribution in [0.3, 0.4) is 0 Å². The predicted molar refractivity (Wildman–Crippen MR) is 91.2 cm³/mol. The van der Waals surface area contributed by atoms with Crippen LogP contribution in [0.4, 0.5) is 11.4 Å². The molecule has 0 aromatic heterocycles. The van der Waals surface area contributed by atoms with Crippen molar-refractivity contribution in [1.29, 1.82) is 0 Å². The van der Waals surface area contributed by atoms with E-state index in [0.29, 0.717) is 12.1 Å². The zero-order valence-electron chi connectivity index (χ0n) is 12.6. The SMILES string of the molecule is CCCCN1C(=S)Cc2cc(NS(=O)(=O)N(C)C)ccc21. The molecule has 0 bridgehead atoms. The molecule has 1 aromatic rings. The third kappa shape index (κ3) is 3.53.